The lowest BCUT2D eigenvalue weighted by Crippen LogP contribution is -2.43. The van der Waals surface area contributed by atoms with Gasteiger partial charge in [-0.3, -0.25) is 4.79 Å². The number of aryl methyl sites for hydroxylation is 4. The Labute approximate surface area is 230 Å². The first-order valence-electron chi connectivity index (χ1n) is 12.5. The third-order valence-electron chi connectivity index (χ3n) is 7.09. The molecule has 1 atom stereocenters. The predicted molar refractivity (Wildman–Crippen MR) is 151 cm³/mol. The van der Waals surface area contributed by atoms with Gasteiger partial charge in [-0.25, -0.2) is 9.59 Å². The van der Waals surface area contributed by atoms with Gasteiger partial charge in [-0.2, -0.15) is 11.8 Å². The van der Waals surface area contributed by atoms with Crippen molar-refractivity contribution in [2.75, 3.05) is 5.75 Å². The van der Waals surface area contributed by atoms with Crippen molar-refractivity contribution in [1.29, 1.82) is 0 Å². The fourth-order valence-electron chi connectivity index (χ4n) is 5.07. The largest absolute Gasteiger partial charge is 0.480 e. The third kappa shape index (κ3) is 5.47. The summed E-state index contributed by atoms with van der Waals surface area (Å²) in [6, 6.07) is 10.7. The lowest BCUT2D eigenvalue weighted by molar-refractivity contribution is -0.141. The molecule has 0 saturated carbocycles. The van der Waals surface area contributed by atoms with E-state index in [9.17, 15) is 19.5 Å². The summed E-state index contributed by atoms with van der Waals surface area (Å²) in [6.07, 6.45) is 3.82. The maximum absolute atomic E-state index is 12.9. The average molecular weight is 556 g/mol. The minimum absolute atomic E-state index is 0. The fourth-order valence-corrected chi connectivity index (χ4v) is 6.08. The number of aliphatic carboxylic acids is 1. The van der Waals surface area contributed by atoms with E-state index in [1.165, 1.54) is 17.3 Å². The van der Waals surface area contributed by atoms with Gasteiger partial charge in [-0.15, -0.1) is 12.4 Å². The first-order valence-corrected chi connectivity index (χ1v) is 13.6. The van der Waals surface area contributed by atoms with Gasteiger partial charge < -0.3 is 19.3 Å². The van der Waals surface area contributed by atoms with E-state index in [2.05, 4.69) is 5.32 Å². The van der Waals surface area contributed by atoms with E-state index in [4.69, 9.17) is 8.83 Å². The van der Waals surface area contributed by atoms with E-state index in [1.807, 2.05) is 50.2 Å². The van der Waals surface area contributed by atoms with Crippen LogP contribution in [0.4, 0.5) is 0 Å². The summed E-state index contributed by atoms with van der Waals surface area (Å²) in [7, 11) is 0. The van der Waals surface area contributed by atoms with Crippen molar-refractivity contribution in [2.45, 2.75) is 57.7 Å². The molecule has 0 fully saturated rings. The Morgan fingerprint density at radius 2 is 1.74 bits per heavy atom. The number of furan rings is 1. The van der Waals surface area contributed by atoms with Crippen molar-refractivity contribution in [1.82, 2.24) is 5.32 Å². The highest BCUT2D eigenvalue weighted by molar-refractivity contribution is 7.98. The Balaban J connectivity index is 0.00000336. The van der Waals surface area contributed by atoms with Crippen LogP contribution >= 0.6 is 24.2 Å². The zero-order valence-corrected chi connectivity index (χ0v) is 22.9. The second kappa shape index (κ2) is 11.7. The van der Waals surface area contributed by atoms with Crippen LogP contribution in [0.2, 0.25) is 0 Å². The smallest absolute Gasteiger partial charge is 0.340 e. The maximum Gasteiger partial charge on any atom is 0.340 e. The molecule has 7 nitrogen and oxygen atoms in total. The van der Waals surface area contributed by atoms with Crippen molar-refractivity contribution in [3.05, 3.63) is 80.4 Å². The first kappa shape index (κ1) is 27.8. The second-order valence-corrected chi connectivity index (χ2v) is 10.6. The summed E-state index contributed by atoms with van der Waals surface area (Å²) in [4.78, 5) is 37.5. The molecule has 1 aliphatic rings. The molecule has 38 heavy (non-hydrogen) atoms. The van der Waals surface area contributed by atoms with Gasteiger partial charge in [0.25, 0.3) is 0 Å². The van der Waals surface area contributed by atoms with E-state index in [0.717, 1.165) is 58.9 Å². The highest BCUT2D eigenvalue weighted by Crippen LogP contribution is 2.37. The number of benzene rings is 2. The Kier molecular flexibility index (Phi) is 8.53. The molecule has 2 aromatic heterocycles. The van der Waals surface area contributed by atoms with E-state index >= 15 is 0 Å². The summed E-state index contributed by atoms with van der Waals surface area (Å²) in [6.45, 7) is 3.70. The topological polar surface area (TPSA) is 110 Å². The molecule has 0 aliphatic heterocycles. The van der Waals surface area contributed by atoms with Crippen molar-refractivity contribution in [3.63, 3.8) is 0 Å². The Hall–Kier alpha value is -3.23. The number of amides is 1. The Morgan fingerprint density at radius 3 is 2.47 bits per heavy atom. The zero-order valence-electron chi connectivity index (χ0n) is 21.3. The first-order chi connectivity index (χ1) is 17.8. The van der Waals surface area contributed by atoms with Gasteiger partial charge in [-0.05, 0) is 50.3 Å². The van der Waals surface area contributed by atoms with E-state index in [0.29, 0.717) is 16.9 Å². The van der Waals surface area contributed by atoms with Crippen molar-refractivity contribution >= 4 is 58.0 Å². The van der Waals surface area contributed by atoms with Crippen LogP contribution in [0.3, 0.4) is 0 Å². The van der Waals surface area contributed by atoms with Gasteiger partial charge in [0.05, 0.1) is 12.0 Å². The molecule has 9 heteroatoms. The molecular formula is C29H30ClNO6S. The Bertz CT molecular complexity index is 1560. The van der Waals surface area contributed by atoms with Crippen molar-refractivity contribution < 1.29 is 23.5 Å². The molecule has 0 saturated heterocycles. The van der Waals surface area contributed by atoms with Crippen LogP contribution in [0.15, 0.2) is 50.0 Å². The van der Waals surface area contributed by atoms with Crippen molar-refractivity contribution in [2.24, 2.45) is 0 Å². The van der Waals surface area contributed by atoms with Gasteiger partial charge in [-0.1, -0.05) is 30.3 Å². The van der Waals surface area contributed by atoms with Crippen LogP contribution in [-0.4, -0.2) is 28.8 Å². The summed E-state index contributed by atoms with van der Waals surface area (Å²) >= 11 is 1.43. The quantitative estimate of drug-likeness (QED) is 0.276. The molecule has 1 aliphatic carbocycles. The molecular weight excluding hydrogens is 526 g/mol. The Morgan fingerprint density at radius 1 is 1.03 bits per heavy atom. The third-order valence-corrected chi connectivity index (χ3v) is 8.20. The van der Waals surface area contributed by atoms with Crippen LogP contribution < -0.4 is 10.9 Å². The molecule has 200 valence electrons. The highest BCUT2D eigenvalue weighted by atomic mass is 35.5. The maximum atomic E-state index is 12.9. The number of thioether (sulfide) groups is 1. The number of hydrogen-bond donors (Lipinski definition) is 2. The number of fused-ring (bicyclic) bond motifs is 4. The SMILES string of the molecule is Cc1c(CC(=O)NC(CSCc2ccccc2)C(=O)O)c(=O)oc2c(C)c3oc4c(c3cc12)CCCC4.Cl. The van der Waals surface area contributed by atoms with Gasteiger partial charge in [0.15, 0.2) is 0 Å². The van der Waals surface area contributed by atoms with Crippen molar-refractivity contribution in [3.8, 4) is 0 Å². The number of carboxylic acid groups (broad SMARTS) is 1. The molecule has 2 N–H and O–H groups in total. The summed E-state index contributed by atoms with van der Waals surface area (Å²) in [5.74, 6) is 0.215. The normalized spacial score (nSPS) is 13.6. The number of carbonyl (C=O) groups is 2. The van der Waals surface area contributed by atoms with Crippen LogP contribution in [-0.2, 0) is 34.6 Å². The molecule has 0 bridgehead atoms. The molecule has 4 aromatic rings. The van der Waals surface area contributed by atoms with Gasteiger partial charge in [0, 0.05) is 39.8 Å². The average Bonchev–Trinajstić information content (AvgIpc) is 3.26. The lowest BCUT2D eigenvalue weighted by atomic mass is 9.93. The van der Waals surface area contributed by atoms with E-state index in [-0.39, 0.29) is 30.1 Å². The minimum atomic E-state index is -1.11. The summed E-state index contributed by atoms with van der Waals surface area (Å²) < 4.78 is 11.8. The van der Waals surface area contributed by atoms with E-state index in [1.54, 1.807) is 0 Å². The number of rotatable bonds is 8. The van der Waals surface area contributed by atoms with Crippen LogP contribution in [0.1, 0.15) is 46.4 Å². The van der Waals surface area contributed by atoms with E-state index < -0.39 is 23.5 Å². The van der Waals surface area contributed by atoms with Crippen LogP contribution in [0.25, 0.3) is 21.9 Å². The van der Waals surface area contributed by atoms with Gasteiger partial charge in [0.1, 0.15) is 23.0 Å². The summed E-state index contributed by atoms with van der Waals surface area (Å²) in [5, 5.41) is 14.0. The summed E-state index contributed by atoms with van der Waals surface area (Å²) in [5.41, 5.74) is 4.60. The fraction of sp³-hybridized carbons (Fsp3) is 0.345. The number of nitrogens with one attached hydrogen (secondary N) is 1. The monoisotopic (exact) mass is 555 g/mol. The van der Waals surface area contributed by atoms with Crippen LogP contribution in [0, 0.1) is 13.8 Å². The number of halogens is 1. The van der Waals surface area contributed by atoms with Gasteiger partial charge >= 0.3 is 11.6 Å². The molecule has 1 amide bonds. The zero-order chi connectivity index (χ0) is 26.1. The molecule has 5 rings (SSSR count). The van der Waals surface area contributed by atoms with Gasteiger partial charge in [0.2, 0.25) is 5.91 Å². The number of carbonyl (C=O) groups excluding carboxylic acids is 1. The second-order valence-electron chi connectivity index (χ2n) is 9.59. The minimum Gasteiger partial charge on any atom is -0.480 e. The standard InChI is InChI=1S/C29H29NO6S.ClH/c1-16-20-12-22-19-10-6-7-11-24(19)35-27(22)17(2)26(20)36-29(34)21(16)13-25(31)30-23(28(32)33)15-37-14-18-8-4-3-5-9-18;/h3-5,8-9,12,23H,6-7,10-11,13-15H2,1-2H3,(H,30,31)(H,32,33);1H. The molecule has 0 radical (unpaired) electrons. The lowest BCUT2D eigenvalue weighted by Gasteiger charge is -2.15. The molecule has 1 unspecified atom stereocenters. The molecule has 0 spiro atoms. The number of carboxylic acids is 1. The predicted octanol–water partition coefficient (Wildman–Crippen LogP) is 5.50. The molecule has 2 heterocycles. The van der Waals surface area contributed by atoms with Crippen LogP contribution in [0.5, 0.6) is 0 Å². The highest BCUT2D eigenvalue weighted by Gasteiger charge is 2.25. The molecule has 2 aromatic carbocycles. The number of hydrogen-bond acceptors (Lipinski definition) is 6.